The number of allylic oxidation sites excluding steroid dienone is 4. The molecule has 0 aromatic heterocycles. The van der Waals surface area contributed by atoms with Crippen molar-refractivity contribution in [3.8, 4) is 0 Å². The van der Waals surface area contributed by atoms with Gasteiger partial charge in [-0.05, 0) is 70.4 Å². The fourth-order valence-electron chi connectivity index (χ4n) is 5.06. The van der Waals surface area contributed by atoms with E-state index in [2.05, 4.69) is 132 Å². The van der Waals surface area contributed by atoms with Crippen LogP contribution in [0.3, 0.4) is 0 Å². The Bertz CT molecular complexity index is 688. The van der Waals surface area contributed by atoms with E-state index in [0.29, 0.717) is 20.6 Å². The van der Waals surface area contributed by atoms with Gasteiger partial charge in [-0.25, -0.2) is 12.1 Å². The predicted octanol–water partition coefficient (Wildman–Crippen LogP) is 9.31. The molecule has 0 fully saturated rings. The predicted molar refractivity (Wildman–Crippen MR) is 152 cm³/mol. The van der Waals surface area contributed by atoms with Gasteiger partial charge in [-0.2, -0.15) is 0 Å². The van der Waals surface area contributed by atoms with Crippen LogP contribution in [0.25, 0.3) is 0 Å². The van der Waals surface area contributed by atoms with Crippen LogP contribution >= 0.6 is 34.5 Å². The quantitative estimate of drug-likeness (QED) is 0.172. The minimum atomic E-state index is -0.510. The van der Waals surface area contributed by atoms with E-state index in [9.17, 15) is 0 Å². The van der Waals surface area contributed by atoms with Gasteiger partial charge in [0.2, 0.25) is 0 Å². The van der Waals surface area contributed by atoms with E-state index in [4.69, 9.17) is 19.1 Å². The van der Waals surface area contributed by atoms with E-state index < -0.39 is 15.5 Å². The van der Waals surface area contributed by atoms with Gasteiger partial charge in [-0.3, -0.25) is 0 Å². The molecule has 0 amide bonds. The van der Waals surface area contributed by atoms with Crippen molar-refractivity contribution in [2.24, 2.45) is 0 Å². The summed E-state index contributed by atoms with van der Waals surface area (Å²) in [5, 5.41) is 4.87. The molecule has 0 atom stereocenters. The van der Waals surface area contributed by atoms with Crippen LogP contribution in [0, 0.1) is 0 Å². The van der Waals surface area contributed by atoms with Gasteiger partial charge < -0.3 is 0 Å². The summed E-state index contributed by atoms with van der Waals surface area (Å²) >= 11 is -0.106. The zero-order valence-electron chi connectivity index (χ0n) is 21.7. The molecule has 0 spiro atoms. The summed E-state index contributed by atoms with van der Waals surface area (Å²) in [5.74, 6) is 0. The second-order valence-corrected chi connectivity index (χ2v) is 23.2. The topological polar surface area (TPSA) is 0 Å². The third-order valence-electron chi connectivity index (χ3n) is 4.90. The molecule has 0 saturated heterocycles. The SMILES string of the molecule is CC(C)(C)[PH+]([c-]1cccc1)C(C)(C)C.CC(C)(C)[PH](=C1C=CC=C1)C(C)(C)C.[Cl][Pd][Cl]. The molecule has 0 bridgehead atoms. The van der Waals surface area contributed by atoms with E-state index in [0.717, 1.165) is 0 Å². The first-order valence-electron chi connectivity index (χ1n) is 10.9. The number of hydrogen-bond donors (Lipinski definition) is 0. The first kappa shape index (κ1) is 31.8. The van der Waals surface area contributed by atoms with Gasteiger partial charge in [0.05, 0.1) is 10.3 Å². The number of halogens is 2. The third-order valence-corrected chi connectivity index (χ3v) is 12.7. The Morgan fingerprint density at radius 3 is 1.29 bits per heavy atom. The average Bonchev–Trinajstić information content (AvgIpc) is 3.16. The van der Waals surface area contributed by atoms with E-state index in [1.54, 1.807) is 10.6 Å². The number of hydrogen-bond acceptors (Lipinski definition) is 0. The van der Waals surface area contributed by atoms with Crippen LogP contribution in [0.5, 0.6) is 0 Å². The summed E-state index contributed by atoms with van der Waals surface area (Å²) in [6.45, 7) is 28.5. The Kier molecular flexibility index (Phi) is 13.4. The van der Waals surface area contributed by atoms with E-state index in [1.165, 1.54) is 0 Å². The normalized spacial score (nSPS) is 14.6. The fourth-order valence-corrected chi connectivity index (χ4v) is 14.1. The molecule has 0 unspecified atom stereocenters. The van der Waals surface area contributed by atoms with Crippen molar-refractivity contribution >= 4 is 45.1 Å². The molecule has 1 aromatic carbocycles. The van der Waals surface area contributed by atoms with Crippen molar-refractivity contribution in [1.82, 2.24) is 0 Å². The zero-order valence-corrected chi connectivity index (χ0v) is 26.8. The van der Waals surface area contributed by atoms with Crippen LogP contribution < -0.4 is 5.30 Å². The molecule has 0 nitrogen and oxygen atoms in total. The Hall–Kier alpha value is 0.802. The van der Waals surface area contributed by atoms with Crippen molar-refractivity contribution in [1.29, 1.82) is 0 Å². The van der Waals surface area contributed by atoms with Gasteiger partial charge in [0.15, 0.2) is 0 Å². The Morgan fingerprint density at radius 2 is 1.03 bits per heavy atom. The molecular weight excluding hydrogens is 552 g/mol. The fraction of sp³-hybridized carbons (Fsp3) is 0.615. The van der Waals surface area contributed by atoms with Gasteiger partial charge in [0.1, 0.15) is 0 Å². The summed E-state index contributed by atoms with van der Waals surface area (Å²) in [6, 6.07) is 8.92. The summed E-state index contributed by atoms with van der Waals surface area (Å²) in [4.78, 5) is 0. The van der Waals surface area contributed by atoms with Crippen molar-refractivity contribution in [3.05, 3.63) is 48.6 Å². The van der Waals surface area contributed by atoms with Gasteiger partial charge >= 0.3 is 35.0 Å². The average molecular weight is 598 g/mol. The van der Waals surface area contributed by atoms with E-state index in [1.807, 2.05) is 0 Å². The van der Waals surface area contributed by atoms with Crippen molar-refractivity contribution in [2.75, 3.05) is 0 Å². The van der Waals surface area contributed by atoms with E-state index in [-0.39, 0.29) is 15.9 Å². The maximum absolute atomic E-state index is 4.81. The third kappa shape index (κ3) is 11.7. The molecule has 1 aliphatic rings. The van der Waals surface area contributed by atoms with Crippen LogP contribution in [0.1, 0.15) is 83.1 Å². The number of rotatable bonds is 1. The molecule has 0 saturated carbocycles. The van der Waals surface area contributed by atoms with Crippen LogP contribution in [0.15, 0.2) is 48.6 Å². The Morgan fingerprint density at radius 1 is 0.710 bits per heavy atom. The van der Waals surface area contributed by atoms with Gasteiger partial charge in [0.25, 0.3) is 0 Å². The minimum absolute atomic E-state index is 0.106. The Labute approximate surface area is 212 Å². The van der Waals surface area contributed by atoms with Crippen LogP contribution in [-0.4, -0.2) is 25.9 Å². The van der Waals surface area contributed by atoms with Crippen molar-refractivity contribution < 1.29 is 15.9 Å². The zero-order chi connectivity index (χ0) is 24.7. The van der Waals surface area contributed by atoms with E-state index >= 15 is 0 Å². The molecule has 5 heteroatoms. The van der Waals surface area contributed by atoms with Crippen molar-refractivity contribution in [2.45, 2.75) is 104 Å². The summed E-state index contributed by atoms with van der Waals surface area (Å²) < 4.78 is 0. The standard InChI is InChI=1S/2C13H23P.2ClH.Pd/c2*1-12(2,3)14(13(4,5)6)11-9-7-8-10-11;;;/h2*7-10,14H,1-6H3;2*1H;/q;;;;+2/p-2. The molecule has 184 valence electrons. The summed E-state index contributed by atoms with van der Waals surface area (Å²) in [6.07, 6.45) is 8.92. The molecule has 1 aromatic rings. The second kappa shape index (κ2) is 13.0. The maximum atomic E-state index is 4.81. The van der Waals surface area contributed by atoms with Crippen LogP contribution in [0.2, 0.25) is 0 Å². The molecule has 2 rings (SSSR count). The molecule has 0 heterocycles. The molecule has 0 N–H and O–H groups in total. The summed E-state index contributed by atoms with van der Waals surface area (Å²) in [5.41, 5.74) is 0. The molecule has 0 radical (unpaired) electrons. The first-order chi connectivity index (χ1) is 13.9. The molecular formula is C26H46Cl2P2Pd. The first-order valence-corrected chi connectivity index (χ1v) is 17.9. The molecule has 0 aliphatic heterocycles. The van der Waals surface area contributed by atoms with Gasteiger partial charge in [0, 0.05) is 0 Å². The van der Waals surface area contributed by atoms with Crippen molar-refractivity contribution in [3.63, 3.8) is 0 Å². The monoisotopic (exact) mass is 596 g/mol. The van der Waals surface area contributed by atoms with Gasteiger partial charge in [-0.15, -0.1) is 12.1 Å². The van der Waals surface area contributed by atoms with Crippen LogP contribution in [-0.2, 0) is 15.9 Å². The second-order valence-electron chi connectivity index (χ2n) is 12.1. The van der Waals surface area contributed by atoms with Crippen LogP contribution in [0.4, 0.5) is 0 Å². The molecule has 31 heavy (non-hydrogen) atoms. The Balaban J connectivity index is 0.000000516. The van der Waals surface area contributed by atoms with Gasteiger partial charge in [-0.1, -0.05) is 73.4 Å². The molecule has 1 aliphatic carbocycles. The summed E-state index contributed by atoms with van der Waals surface area (Å²) in [7, 11) is 8.61.